The van der Waals surface area contributed by atoms with Gasteiger partial charge in [-0.25, -0.2) is 14.2 Å². The van der Waals surface area contributed by atoms with Gasteiger partial charge in [0.05, 0.1) is 24.3 Å². The van der Waals surface area contributed by atoms with E-state index in [1.165, 1.54) is 31.4 Å². The van der Waals surface area contributed by atoms with E-state index >= 15 is 0 Å². The molecule has 0 fully saturated rings. The van der Waals surface area contributed by atoms with Gasteiger partial charge in [0, 0.05) is 38.3 Å². The van der Waals surface area contributed by atoms with Crippen molar-refractivity contribution >= 4 is 17.6 Å². The van der Waals surface area contributed by atoms with Crippen LogP contribution in [-0.4, -0.2) is 39.2 Å². The lowest BCUT2D eigenvalue weighted by molar-refractivity contribution is -0.697. The molecule has 0 atom stereocenters. The molecule has 0 spiro atoms. The van der Waals surface area contributed by atoms with Crippen molar-refractivity contribution in [2.24, 2.45) is 0 Å². The minimum atomic E-state index is -0.530. The van der Waals surface area contributed by atoms with E-state index < -0.39 is 11.9 Å². The maximum absolute atomic E-state index is 12.9. The van der Waals surface area contributed by atoms with E-state index in [0.717, 1.165) is 32.2 Å². The highest BCUT2D eigenvalue weighted by atomic mass is 16.5. The summed E-state index contributed by atoms with van der Waals surface area (Å²) in [4.78, 5) is 27.8. The summed E-state index contributed by atoms with van der Waals surface area (Å²) in [7, 11) is 4.11. The van der Waals surface area contributed by atoms with E-state index in [1.54, 1.807) is 75.4 Å². The molecule has 0 aliphatic heterocycles. The molecule has 3 rings (SSSR count). The standard InChI is InChI=1S/C42H55N2O6/c1-8-10-30-47-38-23-19-36(20-24-38)42(46)50-40(9-2)33(4)32(3)34(5)49-41(45)35-17-21-39(22-18-35)48-31-16-14-12-11-13-15-27-44-28-25-37(26-29-44)43(6)7/h9,17-26,28-29H,5,8,10-16,27,30-31H2,1-4,6-7H3/q+1/b33-32-,40-9+. The van der Waals surface area contributed by atoms with Crippen molar-refractivity contribution in [3.8, 4) is 11.5 Å². The monoisotopic (exact) mass is 683 g/mol. The molecular formula is C42H55N2O6+. The minimum absolute atomic E-state index is 0.175. The number of hydrogen-bond acceptors (Lipinski definition) is 7. The van der Waals surface area contributed by atoms with Crippen LogP contribution in [-0.2, 0) is 16.0 Å². The number of unbranched alkanes of at least 4 members (excludes halogenated alkanes) is 6. The zero-order valence-corrected chi connectivity index (χ0v) is 30.8. The van der Waals surface area contributed by atoms with Crippen molar-refractivity contribution in [2.75, 3.05) is 32.2 Å². The van der Waals surface area contributed by atoms with Gasteiger partial charge in [-0.1, -0.05) is 39.2 Å². The number of aromatic nitrogens is 1. The van der Waals surface area contributed by atoms with E-state index in [-0.39, 0.29) is 5.76 Å². The number of carbonyl (C=O) groups excluding carboxylic acids is 2. The van der Waals surface area contributed by atoms with Gasteiger partial charge in [-0.15, -0.1) is 0 Å². The van der Waals surface area contributed by atoms with Gasteiger partial charge in [0.15, 0.2) is 12.4 Å². The molecule has 2 aromatic carbocycles. The maximum atomic E-state index is 12.9. The van der Waals surface area contributed by atoms with Gasteiger partial charge in [0.25, 0.3) is 0 Å². The number of nitrogens with zero attached hydrogens (tertiary/aromatic N) is 2. The van der Waals surface area contributed by atoms with E-state index in [2.05, 4.69) is 61.6 Å². The molecule has 0 N–H and O–H groups in total. The first kappa shape index (κ1) is 39.6. The lowest BCUT2D eigenvalue weighted by Gasteiger charge is -2.15. The minimum Gasteiger partial charge on any atom is -0.494 e. The molecule has 0 radical (unpaired) electrons. The quantitative estimate of drug-likeness (QED) is 0.0364. The molecular weight excluding hydrogens is 628 g/mol. The molecule has 0 aliphatic carbocycles. The molecule has 0 aliphatic rings. The Morgan fingerprint density at radius 1 is 0.700 bits per heavy atom. The molecule has 1 aromatic heterocycles. The molecule has 0 bridgehead atoms. The number of benzene rings is 2. The Hall–Kier alpha value is -4.85. The van der Waals surface area contributed by atoms with Crippen molar-refractivity contribution in [1.29, 1.82) is 0 Å². The van der Waals surface area contributed by atoms with E-state index in [0.29, 0.717) is 52.7 Å². The molecule has 50 heavy (non-hydrogen) atoms. The molecule has 8 nitrogen and oxygen atoms in total. The first-order valence-electron chi connectivity index (χ1n) is 17.7. The van der Waals surface area contributed by atoms with Crippen LogP contribution < -0.4 is 18.9 Å². The first-order chi connectivity index (χ1) is 24.1. The highest BCUT2D eigenvalue weighted by Crippen LogP contribution is 2.24. The summed E-state index contributed by atoms with van der Waals surface area (Å²) in [5.74, 6) is 0.924. The van der Waals surface area contributed by atoms with Gasteiger partial charge in [-0.05, 0) is 106 Å². The summed E-state index contributed by atoms with van der Waals surface area (Å²) in [6.07, 6.45) is 14.9. The molecule has 0 saturated heterocycles. The van der Waals surface area contributed by atoms with Crippen molar-refractivity contribution in [3.05, 3.63) is 120 Å². The van der Waals surface area contributed by atoms with Gasteiger partial charge in [0.1, 0.15) is 29.6 Å². The summed E-state index contributed by atoms with van der Waals surface area (Å²) in [5, 5.41) is 0. The number of allylic oxidation sites excluding steroid dienone is 3. The van der Waals surface area contributed by atoms with Gasteiger partial charge in [0.2, 0.25) is 0 Å². The topological polar surface area (TPSA) is 78.2 Å². The molecule has 3 aromatic rings. The van der Waals surface area contributed by atoms with Crippen molar-refractivity contribution < 1.29 is 33.1 Å². The largest absolute Gasteiger partial charge is 0.494 e. The van der Waals surface area contributed by atoms with Crippen molar-refractivity contribution in [1.82, 2.24) is 0 Å². The van der Waals surface area contributed by atoms with Crippen LogP contribution in [0.25, 0.3) is 0 Å². The molecule has 8 heteroatoms. The second-order valence-electron chi connectivity index (χ2n) is 12.5. The van der Waals surface area contributed by atoms with Gasteiger partial charge in [-0.2, -0.15) is 0 Å². The van der Waals surface area contributed by atoms with Crippen LogP contribution >= 0.6 is 0 Å². The third-order valence-electron chi connectivity index (χ3n) is 8.45. The number of carbonyl (C=O) groups is 2. The highest BCUT2D eigenvalue weighted by molar-refractivity contribution is 5.91. The Labute approximate surface area is 299 Å². The third kappa shape index (κ3) is 13.2. The lowest BCUT2D eigenvalue weighted by atomic mass is 10.1. The molecule has 268 valence electrons. The number of anilines is 1. The van der Waals surface area contributed by atoms with Gasteiger partial charge >= 0.3 is 11.9 Å². The number of pyridine rings is 1. The molecule has 0 saturated carbocycles. The molecule has 0 amide bonds. The summed E-state index contributed by atoms with van der Waals surface area (Å²) in [6, 6.07) is 18.1. The van der Waals surface area contributed by atoms with Crippen LogP contribution in [0.5, 0.6) is 11.5 Å². The van der Waals surface area contributed by atoms with Crippen LogP contribution in [0.3, 0.4) is 0 Å². The Morgan fingerprint density at radius 2 is 1.20 bits per heavy atom. The Kier molecular flexibility index (Phi) is 16.8. The first-order valence-corrected chi connectivity index (χ1v) is 17.7. The Balaban J connectivity index is 1.36. The van der Waals surface area contributed by atoms with Crippen LogP contribution in [0.2, 0.25) is 0 Å². The number of hydrogen-bond donors (Lipinski definition) is 0. The zero-order chi connectivity index (χ0) is 36.3. The SMILES string of the molecule is C=C(OC(=O)c1ccc(OCCCCCCCC[n+]2ccc(N(C)C)cc2)cc1)/C(C)=C(C)\C(=C/C)OC(=O)c1ccc(OCCCC)cc1. The van der Waals surface area contributed by atoms with E-state index in [4.69, 9.17) is 18.9 Å². The van der Waals surface area contributed by atoms with Crippen LogP contribution in [0.15, 0.2) is 108 Å². The Bertz CT molecular complexity index is 1570. The lowest BCUT2D eigenvalue weighted by Crippen LogP contribution is -2.32. The number of rotatable bonds is 21. The van der Waals surface area contributed by atoms with Crippen LogP contribution in [0.1, 0.15) is 99.8 Å². The van der Waals surface area contributed by atoms with E-state index in [9.17, 15) is 9.59 Å². The number of ether oxygens (including phenoxy) is 4. The number of aryl methyl sites for hydroxylation is 1. The summed E-state index contributed by atoms with van der Waals surface area (Å²) >= 11 is 0. The number of esters is 2. The smallest absolute Gasteiger partial charge is 0.343 e. The average Bonchev–Trinajstić information content (AvgIpc) is 3.13. The average molecular weight is 684 g/mol. The fraction of sp³-hybridized carbons (Fsp3) is 0.405. The van der Waals surface area contributed by atoms with Gasteiger partial charge < -0.3 is 23.8 Å². The molecule has 1 heterocycles. The third-order valence-corrected chi connectivity index (χ3v) is 8.45. The normalized spacial score (nSPS) is 11.8. The molecule has 0 unspecified atom stereocenters. The predicted octanol–water partition coefficient (Wildman–Crippen LogP) is 9.41. The second kappa shape index (κ2) is 21.3. The zero-order valence-electron chi connectivity index (χ0n) is 30.8. The predicted molar refractivity (Wildman–Crippen MR) is 200 cm³/mol. The van der Waals surface area contributed by atoms with E-state index in [1.807, 2.05) is 0 Å². The maximum Gasteiger partial charge on any atom is 0.343 e. The summed E-state index contributed by atoms with van der Waals surface area (Å²) < 4.78 is 25.1. The summed E-state index contributed by atoms with van der Waals surface area (Å²) in [5.41, 5.74) is 3.22. The van der Waals surface area contributed by atoms with Crippen LogP contribution in [0.4, 0.5) is 5.69 Å². The Morgan fingerprint density at radius 3 is 1.72 bits per heavy atom. The van der Waals surface area contributed by atoms with Crippen molar-refractivity contribution in [3.63, 3.8) is 0 Å². The fourth-order valence-corrected chi connectivity index (χ4v) is 5.05. The highest BCUT2D eigenvalue weighted by Gasteiger charge is 2.17. The summed E-state index contributed by atoms with van der Waals surface area (Å²) in [6.45, 7) is 13.7. The fourth-order valence-electron chi connectivity index (χ4n) is 5.05. The van der Waals surface area contributed by atoms with Crippen LogP contribution in [0, 0.1) is 0 Å². The van der Waals surface area contributed by atoms with Crippen molar-refractivity contribution in [2.45, 2.75) is 85.6 Å². The second-order valence-corrected chi connectivity index (χ2v) is 12.5. The van der Waals surface area contributed by atoms with Gasteiger partial charge in [-0.3, -0.25) is 0 Å².